The zero-order valence-corrected chi connectivity index (χ0v) is 13.2. The van der Waals surface area contributed by atoms with Crippen LogP contribution in [0.5, 0.6) is 5.75 Å². The van der Waals surface area contributed by atoms with E-state index in [1.165, 1.54) is 21.9 Å². The van der Waals surface area contributed by atoms with Crippen LogP contribution in [-0.4, -0.2) is 12.1 Å². The number of aromatic nitrogens is 1. The second kappa shape index (κ2) is 5.40. The van der Waals surface area contributed by atoms with Gasteiger partial charge in [0.2, 0.25) is 0 Å². The molecule has 0 spiro atoms. The highest BCUT2D eigenvalue weighted by Gasteiger charge is 2.10. The Hall–Kier alpha value is -2.87. The number of nitrogens with zero attached hydrogens (tertiary/aromatic N) is 1. The Morgan fingerprint density at radius 3 is 2.57 bits per heavy atom. The molecule has 0 bridgehead atoms. The molecule has 1 aromatic heterocycles. The van der Waals surface area contributed by atoms with Gasteiger partial charge in [0.1, 0.15) is 5.75 Å². The third-order valence-electron chi connectivity index (χ3n) is 4.21. The number of fused-ring (bicyclic) bond motifs is 3. The summed E-state index contributed by atoms with van der Waals surface area (Å²) < 4.78 is 5.44. The molecule has 4 rings (SSSR count). The summed E-state index contributed by atoms with van der Waals surface area (Å²) in [4.78, 5) is 4.63. The van der Waals surface area contributed by atoms with Crippen LogP contribution >= 0.6 is 0 Å². The fraction of sp³-hybridized carbons (Fsp3) is 0.0952. The number of ether oxygens (including phenoxy) is 1. The Balaban J connectivity index is 2.11. The van der Waals surface area contributed by atoms with Crippen molar-refractivity contribution in [3.8, 4) is 16.9 Å². The summed E-state index contributed by atoms with van der Waals surface area (Å²) >= 11 is 0. The first kappa shape index (κ1) is 13.8. The summed E-state index contributed by atoms with van der Waals surface area (Å²) in [6.45, 7) is 2.09. The quantitative estimate of drug-likeness (QED) is 0.464. The summed E-state index contributed by atoms with van der Waals surface area (Å²) in [7, 11) is 1.71. The molecule has 112 valence electrons. The molecule has 3 aromatic carbocycles. The molecule has 0 radical (unpaired) electrons. The average Bonchev–Trinajstić information content (AvgIpc) is 2.60. The second-order valence-corrected chi connectivity index (χ2v) is 5.78. The van der Waals surface area contributed by atoms with E-state index in [1.54, 1.807) is 7.11 Å². The van der Waals surface area contributed by atoms with E-state index >= 15 is 0 Å². The molecule has 0 atom stereocenters. The molecule has 0 aliphatic carbocycles. The van der Waals surface area contributed by atoms with Gasteiger partial charge in [-0.05, 0) is 47.2 Å². The molecule has 0 unspecified atom stereocenters. The average molecular weight is 299 g/mol. The fourth-order valence-electron chi connectivity index (χ4n) is 3.18. The molecule has 0 saturated heterocycles. The number of benzene rings is 3. The summed E-state index contributed by atoms with van der Waals surface area (Å²) in [6.07, 6.45) is 1.86. The molecule has 0 amide bonds. The van der Waals surface area contributed by atoms with Gasteiger partial charge in [0.05, 0.1) is 12.6 Å². The molecule has 2 heteroatoms. The lowest BCUT2D eigenvalue weighted by Gasteiger charge is -2.11. The van der Waals surface area contributed by atoms with Crippen LogP contribution in [-0.2, 0) is 0 Å². The van der Waals surface area contributed by atoms with Crippen molar-refractivity contribution >= 4 is 21.7 Å². The zero-order chi connectivity index (χ0) is 15.8. The van der Waals surface area contributed by atoms with Crippen molar-refractivity contribution < 1.29 is 4.74 Å². The minimum atomic E-state index is 0.880. The molecule has 4 aromatic rings. The third kappa shape index (κ3) is 2.33. The largest absolute Gasteiger partial charge is 0.497 e. The molecular weight excluding hydrogens is 282 g/mol. The van der Waals surface area contributed by atoms with Crippen LogP contribution in [0, 0.1) is 6.92 Å². The van der Waals surface area contributed by atoms with Gasteiger partial charge in [-0.15, -0.1) is 0 Å². The molecule has 0 aliphatic rings. The Kier molecular flexibility index (Phi) is 3.23. The lowest BCUT2D eigenvalue weighted by Crippen LogP contribution is -1.89. The van der Waals surface area contributed by atoms with Gasteiger partial charge in [0.25, 0.3) is 0 Å². The van der Waals surface area contributed by atoms with Crippen LogP contribution < -0.4 is 4.74 Å². The Bertz CT molecular complexity index is 1020. The Morgan fingerprint density at radius 1 is 0.870 bits per heavy atom. The number of rotatable bonds is 2. The van der Waals surface area contributed by atoms with Crippen molar-refractivity contribution in [1.29, 1.82) is 0 Å². The molecule has 2 nitrogen and oxygen atoms in total. The first-order valence-electron chi connectivity index (χ1n) is 7.69. The van der Waals surface area contributed by atoms with Crippen LogP contribution in [0.3, 0.4) is 0 Å². The van der Waals surface area contributed by atoms with E-state index in [2.05, 4.69) is 60.4 Å². The van der Waals surface area contributed by atoms with E-state index in [0.29, 0.717) is 0 Å². The van der Waals surface area contributed by atoms with Crippen molar-refractivity contribution in [2.45, 2.75) is 6.92 Å². The van der Waals surface area contributed by atoms with Gasteiger partial charge in [-0.2, -0.15) is 0 Å². The van der Waals surface area contributed by atoms with Gasteiger partial charge in [-0.1, -0.05) is 42.5 Å². The monoisotopic (exact) mass is 299 g/mol. The maximum Gasteiger partial charge on any atom is 0.119 e. The maximum absolute atomic E-state index is 5.44. The smallest absolute Gasteiger partial charge is 0.119 e. The highest BCUT2D eigenvalue weighted by atomic mass is 16.5. The van der Waals surface area contributed by atoms with Gasteiger partial charge < -0.3 is 4.74 Å². The van der Waals surface area contributed by atoms with Crippen molar-refractivity contribution in [3.63, 3.8) is 0 Å². The lowest BCUT2D eigenvalue weighted by atomic mass is 9.95. The van der Waals surface area contributed by atoms with E-state index in [-0.39, 0.29) is 0 Å². The van der Waals surface area contributed by atoms with Crippen molar-refractivity contribution in [2.75, 3.05) is 7.11 Å². The second-order valence-electron chi connectivity index (χ2n) is 5.78. The number of aryl methyl sites for hydroxylation is 1. The Labute approximate surface area is 135 Å². The molecule has 0 fully saturated rings. The van der Waals surface area contributed by atoms with Crippen LogP contribution in [0.1, 0.15) is 5.56 Å². The normalized spacial score (nSPS) is 11.0. The topological polar surface area (TPSA) is 22.1 Å². The third-order valence-corrected chi connectivity index (χ3v) is 4.21. The van der Waals surface area contributed by atoms with Crippen molar-refractivity contribution in [3.05, 3.63) is 72.4 Å². The van der Waals surface area contributed by atoms with Crippen molar-refractivity contribution in [1.82, 2.24) is 4.98 Å². The number of pyridine rings is 1. The van der Waals surface area contributed by atoms with Crippen LogP contribution in [0.15, 0.2) is 66.9 Å². The first-order chi connectivity index (χ1) is 11.3. The highest BCUT2D eigenvalue weighted by Crippen LogP contribution is 2.35. The van der Waals surface area contributed by atoms with Crippen LogP contribution in [0.25, 0.3) is 32.8 Å². The molecular formula is C21H17NO. The van der Waals surface area contributed by atoms with Crippen LogP contribution in [0.2, 0.25) is 0 Å². The predicted octanol–water partition coefficient (Wildman–Crippen LogP) is 5.37. The molecule has 0 N–H and O–H groups in total. The summed E-state index contributed by atoms with van der Waals surface area (Å²) in [5.41, 5.74) is 4.57. The molecule has 0 saturated carbocycles. The first-order valence-corrected chi connectivity index (χ1v) is 7.69. The Morgan fingerprint density at radius 2 is 1.70 bits per heavy atom. The SMILES string of the molecule is COc1cc(C)cc(-c2cccc3ccc4cccnc4c23)c1. The predicted molar refractivity (Wildman–Crippen MR) is 96.0 cm³/mol. The van der Waals surface area contributed by atoms with E-state index < -0.39 is 0 Å². The van der Waals surface area contributed by atoms with E-state index in [4.69, 9.17) is 4.74 Å². The van der Waals surface area contributed by atoms with E-state index in [0.717, 1.165) is 22.2 Å². The number of methoxy groups -OCH3 is 1. The number of hydrogen-bond donors (Lipinski definition) is 0. The van der Waals surface area contributed by atoms with Gasteiger partial charge in [-0.3, -0.25) is 4.98 Å². The van der Waals surface area contributed by atoms with Gasteiger partial charge in [-0.25, -0.2) is 0 Å². The fourth-order valence-corrected chi connectivity index (χ4v) is 3.18. The summed E-state index contributed by atoms with van der Waals surface area (Å²) in [5.74, 6) is 0.880. The molecule has 0 aliphatic heterocycles. The minimum Gasteiger partial charge on any atom is -0.497 e. The lowest BCUT2D eigenvalue weighted by molar-refractivity contribution is 0.414. The maximum atomic E-state index is 5.44. The van der Waals surface area contributed by atoms with Gasteiger partial charge in [0.15, 0.2) is 0 Å². The number of hydrogen-bond acceptors (Lipinski definition) is 2. The van der Waals surface area contributed by atoms with Gasteiger partial charge in [0, 0.05) is 17.0 Å². The standard InChI is InChI=1S/C21H17NO/c1-14-11-17(13-18(12-14)23-2)19-7-3-5-15-8-9-16-6-4-10-22-21(16)20(15)19/h3-13H,1-2H3. The van der Waals surface area contributed by atoms with Crippen LogP contribution in [0.4, 0.5) is 0 Å². The summed E-state index contributed by atoms with van der Waals surface area (Å²) in [6, 6.07) is 21.1. The van der Waals surface area contributed by atoms with Crippen molar-refractivity contribution in [2.24, 2.45) is 0 Å². The molecule has 23 heavy (non-hydrogen) atoms. The molecule has 1 heterocycles. The minimum absolute atomic E-state index is 0.880. The zero-order valence-electron chi connectivity index (χ0n) is 13.2. The van der Waals surface area contributed by atoms with Gasteiger partial charge >= 0.3 is 0 Å². The van der Waals surface area contributed by atoms with E-state index in [1.807, 2.05) is 18.3 Å². The summed E-state index contributed by atoms with van der Waals surface area (Å²) in [5, 5.41) is 3.56. The van der Waals surface area contributed by atoms with E-state index in [9.17, 15) is 0 Å². The highest BCUT2D eigenvalue weighted by molar-refractivity contribution is 6.12.